The van der Waals surface area contributed by atoms with Gasteiger partial charge in [0.25, 0.3) is 0 Å². The zero-order chi connectivity index (χ0) is 19.2. The highest BCUT2D eigenvalue weighted by molar-refractivity contribution is 7.87. The fourth-order valence-corrected chi connectivity index (χ4v) is 5.09. The minimum Gasteiger partial charge on any atom is -0.379 e. The Morgan fingerprint density at radius 1 is 1.30 bits per heavy atom. The molecule has 1 aliphatic rings. The molecule has 7 nitrogen and oxygen atoms in total. The van der Waals surface area contributed by atoms with Crippen molar-refractivity contribution in [3.8, 4) is 5.75 Å². The van der Waals surface area contributed by atoms with Gasteiger partial charge in [-0.3, -0.25) is 4.79 Å². The molecule has 1 aliphatic heterocycles. The van der Waals surface area contributed by atoms with E-state index in [9.17, 15) is 13.2 Å². The van der Waals surface area contributed by atoms with Crippen molar-refractivity contribution in [1.82, 2.24) is 10.3 Å². The molecule has 3 N–H and O–H groups in total. The van der Waals surface area contributed by atoms with Crippen LogP contribution in [-0.2, 0) is 21.3 Å². The van der Waals surface area contributed by atoms with E-state index in [0.717, 1.165) is 26.4 Å². The standard InChI is InChI=1S/C18H17N3O4S2/c1-10-21-15-5-3-13(9-16(15)26-10)27(23,24)25-12-2-4-14-11(8-12)6-7-20-17(14)18(19)22/h2-5,8-9,17,20H,6-7H2,1H3,(H2,19,22). The average molecular weight is 403 g/mol. The Bertz CT molecular complexity index is 1150. The van der Waals surface area contributed by atoms with Gasteiger partial charge >= 0.3 is 10.1 Å². The van der Waals surface area contributed by atoms with Crippen molar-refractivity contribution < 1.29 is 17.4 Å². The quantitative estimate of drug-likeness (QED) is 0.645. The van der Waals surface area contributed by atoms with E-state index in [2.05, 4.69) is 10.3 Å². The SMILES string of the molecule is Cc1nc2ccc(S(=O)(=O)Oc3ccc4c(c3)CCNC4C(N)=O)cc2s1. The number of primary amides is 1. The lowest BCUT2D eigenvalue weighted by molar-refractivity contribution is -0.120. The summed E-state index contributed by atoms with van der Waals surface area (Å²) in [5, 5.41) is 3.92. The summed E-state index contributed by atoms with van der Waals surface area (Å²) < 4.78 is 31.5. The van der Waals surface area contributed by atoms with E-state index in [1.54, 1.807) is 24.3 Å². The third-order valence-electron chi connectivity index (χ3n) is 4.41. The van der Waals surface area contributed by atoms with Gasteiger partial charge in [-0.2, -0.15) is 8.42 Å². The molecule has 0 saturated heterocycles. The molecule has 0 bridgehead atoms. The van der Waals surface area contributed by atoms with Crippen LogP contribution in [0.1, 0.15) is 22.2 Å². The Labute approximate surface area is 160 Å². The molecule has 2 aromatic carbocycles. The number of aryl methyl sites for hydroxylation is 1. The highest BCUT2D eigenvalue weighted by Gasteiger charge is 2.25. The van der Waals surface area contributed by atoms with Crippen LogP contribution in [0.15, 0.2) is 41.3 Å². The Hall–Kier alpha value is -2.49. The Morgan fingerprint density at radius 2 is 2.11 bits per heavy atom. The van der Waals surface area contributed by atoms with Gasteiger partial charge in [-0.25, -0.2) is 4.98 Å². The Morgan fingerprint density at radius 3 is 2.89 bits per heavy atom. The summed E-state index contributed by atoms with van der Waals surface area (Å²) in [6, 6.07) is 9.02. The molecule has 0 fully saturated rings. The van der Waals surface area contributed by atoms with Gasteiger partial charge in [-0.05, 0) is 54.8 Å². The van der Waals surface area contributed by atoms with Gasteiger partial charge in [-0.15, -0.1) is 11.3 Å². The molecule has 0 spiro atoms. The van der Waals surface area contributed by atoms with Crippen LogP contribution in [-0.4, -0.2) is 25.9 Å². The third-order valence-corrected chi connectivity index (χ3v) is 6.59. The molecule has 0 radical (unpaired) electrons. The van der Waals surface area contributed by atoms with Crippen LogP contribution in [0.3, 0.4) is 0 Å². The van der Waals surface area contributed by atoms with Crippen molar-refractivity contribution in [1.29, 1.82) is 0 Å². The lowest BCUT2D eigenvalue weighted by atomic mass is 9.94. The van der Waals surface area contributed by atoms with Gasteiger partial charge in [0.1, 0.15) is 16.7 Å². The number of rotatable bonds is 4. The monoisotopic (exact) mass is 403 g/mol. The first-order chi connectivity index (χ1) is 12.8. The summed E-state index contributed by atoms with van der Waals surface area (Å²) in [7, 11) is -3.98. The first-order valence-corrected chi connectivity index (χ1v) is 10.5. The summed E-state index contributed by atoms with van der Waals surface area (Å²) in [4.78, 5) is 16.0. The zero-order valence-corrected chi connectivity index (χ0v) is 16.1. The predicted molar refractivity (Wildman–Crippen MR) is 102 cm³/mol. The van der Waals surface area contributed by atoms with Gasteiger partial charge in [0, 0.05) is 6.54 Å². The molecule has 9 heteroatoms. The van der Waals surface area contributed by atoms with E-state index in [1.165, 1.54) is 23.5 Å². The summed E-state index contributed by atoms with van der Waals surface area (Å²) in [6.07, 6.45) is 0.655. The highest BCUT2D eigenvalue weighted by Crippen LogP contribution is 2.30. The topological polar surface area (TPSA) is 111 Å². The summed E-state index contributed by atoms with van der Waals surface area (Å²) in [6.45, 7) is 2.45. The third kappa shape index (κ3) is 3.41. The number of fused-ring (bicyclic) bond motifs is 2. The summed E-state index contributed by atoms with van der Waals surface area (Å²) in [5.74, 6) is -0.259. The fourth-order valence-electron chi connectivity index (χ4n) is 3.20. The molecule has 1 amide bonds. The number of hydrogen-bond acceptors (Lipinski definition) is 7. The van der Waals surface area contributed by atoms with E-state index in [0.29, 0.717) is 13.0 Å². The number of nitrogens with zero attached hydrogens (tertiary/aromatic N) is 1. The van der Waals surface area contributed by atoms with Crippen LogP contribution in [0, 0.1) is 6.92 Å². The van der Waals surface area contributed by atoms with Crippen molar-refractivity contribution in [3.63, 3.8) is 0 Å². The highest BCUT2D eigenvalue weighted by atomic mass is 32.2. The smallest absolute Gasteiger partial charge is 0.339 e. The van der Waals surface area contributed by atoms with E-state index >= 15 is 0 Å². The Kier molecular flexibility index (Phi) is 4.37. The molecule has 1 unspecified atom stereocenters. The van der Waals surface area contributed by atoms with Crippen molar-refractivity contribution in [2.24, 2.45) is 5.73 Å². The van der Waals surface area contributed by atoms with Crippen molar-refractivity contribution >= 4 is 37.6 Å². The number of nitrogens with one attached hydrogen (secondary N) is 1. The molecule has 0 aliphatic carbocycles. The summed E-state index contributed by atoms with van der Waals surface area (Å²) in [5.41, 5.74) is 7.77. The van der Waals surface area contributed by atoms with E-state index in [-0.39, 0.29) is 10.6 Å². The zero-order valence-electron chi connectivity index (χ0n) is 14.4. The normalized spacial score (nSPS) is 16.9. The number of carbonyl (C=O) groups is 1. The number of aromatic nitrogens is 1. The number of benzene rings is 2. The predicted octanol–water partition coefficient (Wildman–Crippen LogP) is 2.04. The molecule has 1 atom stereocenters. The minimum absolute atomic E-state index is 0.0769. The molecule has 3 aromatic rings. The van der Waals surface area contributed by atoms with Crippen LogP contribution < -0.4 is 15.2 Å². The lowest BCUT2D eigenvalue weighted by Gasteiger charge is -2.24. The maximum absolute atomic E-state index is 12.7. The van der Waals surface area contributed by atoms with E-state index in [4.69, 9.17) is 9.92 Å². The Balaban J connectivity index is 1.65. The number of hydrogen-bond donors (Lipinski definition) is 2. The number of thiazole rings is 1. The first kappa shape index (κ1) is 17.9. The van der Waals surface area contributed by atoms with Crippen molar-refractivity contribution in [2.45, 2.75) is 24.3 Å². The van der Waals surface area contributed by atoms with E-state index in [1.807, 2.05) is 6.92 Å². The van der Waals surface area contributed by atoms with Crippen LogP contribution in [0.4, 0.5) is 0 Å². The van der Waals surface area contributed by atoms with Crippen LogP contribution in [0.2, 0.25) is 0 Å². The van der Waals surface area contributed by atoms with Crippen LogP contribution in [0.5, 0.6) is 5.75 Å². The van der Waals surface area contributed by atoms with Crippen molar-refractivity contribution in [3.05, 3.63) is 52.5 Å². The molecule has 140 valence electrons. The number of amides is 1. The van der Waals surface area contributed by atoms with Gasteiger partial charge in [0.15, 0.2) is 0 Å². The maximum Gasteiger partial charge on any atom is 0.339 e. The molecule has 1 aromatic heterocycles. The molecular weight excluding hydrogens is 386 g/mol. The second kappa shape index (κ2) is 6.59. The number of nitrogens with two attached hydrogens (primary N) is 1. The molecule has 2 heterocycles. The van der Waals surface area contributed by atoms with E-state index < -0.39 is 22.1 Å². The largest absolute Gasteiger partial charge is 0.379 e. The maximum atomic E-state index is 12.7. The van der Waals surface area contributed by atoms with Gasteiger partial charge in [0.2, 0.25) is 5.91 Å². The fraction of sp³-hybridized carbons (Fsp3) is 0.222. The first-order valence-electron chi connectivity index (χ1n) is 8.31. The molecular formula is C18H17N3O4S2. The molecule has 0 saturated carbocycles. The second-order valence-corrected chi connectivity index (χ2v) is 9.08. The van der Waals surface area contributed by atoms with Crippen LogP contribution in [0.25, 0.3) is 10.2 Å². The van der Waals surface area contributed by atoms with Crippen LogP contribution >= 0.6 is 11.3 Å². The molecule has 4 rings (SSSR count). The average Bonchev–Trinajstić information content (AvgIpc) is 2.99. The number of carbonyl (C=O) groups excluding carboxylic acids is 1. The minimum atomic E-state index is -3.98. The lowest BCUT2D eigenvalue weighted by Crippen LogP contribution is -2.38. The van der Waals surface area contributed by atoms with Gasteiger partial charge in [-0.1, -0.05) is 6.07 Å². The van der Waals surface area contributed by atoms with Gasteiger partial charge < -0.3 is 15.2 Å². The second-order valence-electron chi connectivity index (χ2n) is 6.30. The van der Waals surface area contributed by atoms with Gasteiger partial charge in [0.05, 0.1) is 15.2 Å². The van der Waals surface area contributed by atoms with Crippen molar-refractivity contribution in [2.75, 3.05) is 6.54 Å². The summed E-state index contributed by atoms with van der Waals surface area (Å²) >= 11 is 1.43. The molecule has 27 heavy (non-hydrogen) atoms.